The fourth-order valence-electron chi connectivity index (χ4n) is 1.95. The number of amides is 1. The number of hydrogen-bond donors (Lipinski definition) is 1. The largest absolute Gasteiger partial charge is 0.630 e. The highest BCUT2D eigenvalue weighted by atomic mass is 19.1. The van der Waals surface area contributed by atoms with Gasteiger partial charge in [-0.1, -0.05) is 6.92 Å². The van der Waals surface area contributed by atoms with Crippen LogP contribution in [0.4, 0.5) is 21.6 Å². The summed E-state index contributed by atoms with van der Waals surface area (Å²) in [6.07, 6.45) is 2.49. The molecule has 21 heavy (non-hydrogen) atoms. The molecule has 110 valence electrons. The summed E-state index contributed by atoms with van der Waals surface area (Å²) in [7, 11) is 0. The molecule has 0 radical (unpaired) electrons. The van der Waals surface area contributed by atoms with Crippen LogP contribution in [0.25, 0.3) is 0 Å². The predicted molar refractivity (Wildman–Crippen MR) is 77.6 cm³/mol. The lowest BCUT2D eigenvalue weighted by molar-refractivity contribution is -0.497. The predicted octanol–water partition coefficient (Wildman–Crippen LogP) is 2.38. The second kappa shape index (κ2) is 6.92. The van der Waals surface area contributed by atoms with Crippen LogP contribution in [0, 0.1) is 11.0 Å². The average molecular weight is 289 g/mol. The molecule has 0 atom stereocenters. The first-order valence-corrected chi connectivity index (χ1v) is 6.65. The summed E-state index contributed by atoms with van der Waals surface area (Å²) in [5.74, 6) is -0.180. The van der Waals surface area contributed by atoms with Crippen LogP contribution in [-0.4, -0.2) is 10.9 Å². The number of hydrogen-bond acceptors (Lipinski definition) is 3. The molecule has 0 aliphatic rings. The number of nitrogens with two attached hydrogens (primary N) is 1. The van der Waals surface area contributed by atoms with E-state index in [1.807, 2.05) is 6.92 Å². The van der Waals surface area contributed by atoms with E-state index in [2.05, 4.69) is 4.98 Å². The molecule has 0 bridgehead atoms. The number of anilines is 2. The molecule has 6 heteroatoms. The van der Waals surface area contributed by atoms with E-state index < -0.39 is 0 Å². The van der Waals surface area contributed by atoms with Crippen LogP contribution in [-0.2, 0) is 4.79 Å². The maximum atomic E-state index is 13.1. The highest BCUT2D eigenvalue weighted by Crippen LogP contribution is 2.26. The van der Waals surface area contributed by atoms with E-state index in [4.69, 9.17) is 0 Å². The van der Waals surface area contributed by atoms with Gasteiger partial charge in [0.05, 0.1) is 5.69 Å². The molecule has 1 heterocycles. The molecule has 2 N–H and O–H groups in total. The molecule has 1 amide bonds. The molecule has 1 aromatic heterocycles. The zero-order chi connectivity index (χ0) is 15.2. The fraction of sp³-hybridized carbons (Fsp3) is 0.200. The van der Waals surface area contributed by atoms with Crippen molar-refractivity contribution in [1.29, 1.82) is 0 Å². The van der Waals surface area contributed by atoms with Gasteiger partial charge in [-0.05, 0) is 30.7 Å². The summed E-state index contributed by atoms with van der Waals surface area (Å²) < 4.78 is 13.1. The van der Waals surface area contributed by atoms with Gasteiger partial charge in [-0.2, -0.15) is 0 Å². The standard InChI is InChI=1S/C15H16FN3O2/c1-2-3-15(20)19(13-6-4-11(16)5-7-13)14-10-12(18-21)8-9-17-14/h4-10H,2-3,18H2,1H3. The molecular formula is C15H16FN3O2. The smallest absolute Gasteiger partial charge is 0.232 e. The van der Waals surface area contributed by atoms with Gasteiger partial charge < -0.3 is 10.7 Å². The molecule has 1 aromatic carbocycles. The van der Waals surface area contributed by atoms with Gasteiger partial charge in [-0.3, -0.25) is 9.69 Å². The van der Waals surface area contributed by atoms with Gasteiger partial charge in [0.1, 0.15) is 17.3 Å². The Morgan fingerprint density at radius 3 is 2.67 bits per heavy atom. The van der Waals surface area contributed by atoms with E-state index in [1.54, 1.807) is 6.07 Å². The Kier molecular flexibility index (Phi) is 4.97. The molecule has 2 aromatic rings. The highest BCUT2D eigenvalue weighted by Gasteiger charge is 2.19. The number of quaternary nitrogens is 1. The first-order chi connectivity index (χ1) is 10.2. The third-order valence-corrected chi connectivity index (χ3v) is 2.93. The highest BCUT2D eigenvalue weighted by molar-refractivity contribution is 5.99. The van der Waals surface area contributed by atoms with Gasteiger partial charge in [0.15, 0.2) is 0 Å². The van der Waals surface area contributed by atoms with Crippen molar-refractivity contribution < 1.29 is 14.7 Å². The lowest BCUT2D eigenvalue weighted by Gasteiger charge is -2.22. The quantitative estimate of drug-likeness (QED) is 0.859. The number of benzene rings is 1. The number of carbonyl (C=O) groups is 1. The van der Waals surface area contributed by atoms with Crippen molar-refractivity contribution in [3.05, 3.63) is 53.6 Å². The van der Waals surface area contributed by atoms with E-state index >= 15 is 0 Å². The molecule has 5 nitrogen and oxygen atoms in total. The summed E-state index contributed by atoms with van der Waals surface area (Å²) in [4.78, 5) is 17.9. The molecule has 0 unspecified atom stereocenters. The number of halogens is 1. The molecule has 0 fully saturated rings. The maximum Gasteiger partial charge on any atom is 0.232 e. The van der Waals surface area contributed by atoms with Crippen molar-refractivity contribution >= 4 is 23.1 Å². The van der Waals surface area contributed by atoms with Gasteiger partial charge in [0.2, 0.25) is 5.91 Å². The SMILES string of the molecule is CCCC(=O)N(c1ccc(F)cc1)c1cc([NH2+][O-])ccn1. The normalized spacial score (nSPS) is 10.4. The third-order valence-electron chi connectivity index (χ3n) is 2.93. The zero-order valence-corrected chi connectivity index (χ0v) is 11.6. The van der Waals surface area contributed by atoms with Crippen LogP contribution in [0.1, 0.15) is 19.8 Å². The Bertz CT molecular complexity index is 617. The Balaban J connectivity index is 2.44. The maximum absolute atomic E-state index is 13.1. The van der Waals surface area contributed by atoms with E-state index in [1.165, 1.54) is 41.4 Å². The van der Waals surface area contributed by atoms with Crippen molar-refractivity contribution in [1.82, 2.24) is 4.98 Å². The number of carbonyl (C=O) groups excluding carboxylic acids is 1. The number of aromatic nitrogens is 1. The van der Waals surface area contributed by atoms with Crippen molar-refractivity contribution in [2.24, 2.45) is 0 Å². The zero-order valence-electron chi connectivity index (χ0n) is 11.6. The molecule has 0 aliphatic carbocycles. The van der Waals surface area contributed by atoms with Crippen LogP contribution in [0.3, 0.4) is 0 Å². The van der Waals surface area contributed by atoms with E-state index in [9.17, 15) is 14.4 Å². The van der Waals surface area contributed by atoms with E-state index in [0.717, 1.165) is 0 Å². The molecule has 0 saturated heterocycles. The second-order valence-electron chi connectivity index (χ2n) is 4.52. The van der Waals surface area contributed by atoms with Crippen LogP contribution >= 0.6 is 0 Å². The molecule has 0 spiro atoms. The number of pyridine rings is 1. The second-order valence-corrected chi connectivity index (χ2v) is 4.52. The summed E-state index contributed by atoms with van der Waals surface area (Å²) in [6.45, 7) is 1.90. The Hall–Kier alpha value is -2.31. The van der Waals surface area contributed by atoms with Crippen molar-refractivity contribution in [3.63, 3.8) is 0 Å². The van der Waals surface area contributed by atoms with E-state index in [0.29, 0.717) is 35.5 Å². The lowest BCUT2D eigenvalue weighted by Crippen LogP contribution is -2.70. The van der Waals surface area contributed by atoms with Crippen molar-refractivity contribution in [3.8, 4) is 0 Å². The number of nitrogens with zero attached hydrogens (tertiary/aromatic N) is 2. The van der Waals surface area contributed by atoms with Crippen molar-refractivity contribution in [2.75, 3.05) is 4.90 Å². The minimum atomic E-state index is -0.378. The first kappa shape index (κ1) is 15.1. The van der Waals surface area contributed by atoms with Crippen LogP contribution in [0.2, 0.25) is 0 Å². The van der Waals surface area contributed by atoms with Gasteiger partial charge in [-0.25, -0.2) is 9.37 Å². The third kappa shape index (κ3) is 3.62. The van der Waals surface area contributed by atoms with Gasteiger partial charge in [0.25, 0.3) is 0 Å². The Labute approximate surface area is 122 Å². The van der Waals surface area contributed by atoms with Gasteiger partial charge in [0, 0.05) is 24.8 Å². The molecular weight excluding hydrogens is 273 g/mol. The van der Waals surface area contributed by atoms with E-state index in [-0.39, 0.29) is 11.7 Å². The molecule has 0 aliphatic heterocycles. The molecule has 0 saturated carbocycles. The minimum Gasteiger partial charge on any atom is -0.630 e. The number of rotatable bonds is 5. The van der Waals surface area contributed by atoms with Crippen LogP contribution in [0.5, 0.6) is 0 Å². The van der Waals surface area contributed by atoms with Crippen LogP contribution in [0.15, 0.2) is 42.6 Å². The summed E-state index contributed by atoms with van der Waals surface area (Å²) in [6, 6.07) is 8.68. The fourth-order valence-corrected chi connectivity index (χ4v) is 1.95. The topological polar surface area (TPSA) is 72.9 Å². The minimum absolute atomic E-state index is 0.153. The Morgan fingerprint density at radius 1 is 1.33 bits per heavy atom. The summed E-state index contributed by atoms with van der Waals surface area (Å²) in [5, 5.41) is 10.9. The van der Waals surface area contributed by atoms with Crippen LogP contribution < -0.4 is 10.4 Å². The monoisotopic (exact) mass is 289 g/mol. The first-order valence-electron chi connectivity index (χ1n) is 6.65. The molecule has 2 rings (SSSR count). The summed E-state index contributed by atoms with van der Waals surface area (Å²) >= 11 is 0. The Morgan fingerprint density at radius 2 is 2.05 bits per heavy atom. The average Bonchev–Trinajstić information content (AvgIpc) is 2.50. The van der Waals surface area contributed by atoms with Gasteiger partial charge in [-0.15, -0.1) is 0 Å². The lowest BCUT2D eigenvalue weighted by atomic mass is 10.2. The van der Waals surface area contributed by atoms with Gasteiger partial charge >= 0.3 is 0 Å². The van der Waals surface area contributed by atoms with Crippen molar-refractivity contribution in [2.45, 2.75) is 19.8 Å². The summed E-state index contributed by atoms with van der Waals surface area (Å²) in [5.41, 5.74) is 1.64.